The molecule has 1 N–H and O–H groups in total. The van der Waals surface area contributed by atoms with Gasteiger partial charge in [-0.15, -0.1) is 0 Å². The van der Waals surface area contributed by atoms with Gasteiger partial charge in [0.2, 0.25) is 11.9 Å². The number of fused-ring (bicyclic) bond motifs is 1. The number of carbonyl (C=O) groups excluding carboxylic acids is 1. The van der Waals surface area contributed by atoms with Gasteiger partial charge in [0.05, 0.1) is 6.54 Å². The van der Waals surface area contributed by atoms with Crippen molar-refractivity contribution in [3.05, 3.63) is 60.4 Å². The minimum atomic E-state index is -0.399. The van der Waals surface area contributed by atoms with Crippen LogP contribution in [0.1, 0.15) is 31.7 Å². The molecule has 10 heteroatoms. The van der Waals surface area contributed by atoms with Gasteiger partial charge in [0, 0.05) is 44.1 Å². The number of hydrogen-bond acceptors (Lipinski definition) is 8. The molecule has 0 bridgehead atoms. The maximum atomic E-state index is 14.6. The number of nitrogens with one attached hydrogen (secondary N) is 1. The average Bonchev–Trinajstić information content (AvgIpc) is 2.90. The van der Waals surface area contributed by atoms with Gasteiger partial charge in [0.25, 0.3) is 0 Å². The lowest BCUT2D eigenvalue weighted by atomic mass is 10.0. The molecular weight excluding hydrogens is 447 g/mol. The number of nitrogens with zero attached hydrogens (tertiary/aromatic N) is 7. The Morgan fingerprint density at radius 2 is 1.74 bits per heavy atom. The Labute approximate surface area is 204 Å². The second-order valence-electron chi connectivity index (χ2n) is 8.77. The molecule has 1 aromatic carbocycles. The first kappa shape index (κ1) is 22.9. The predicted octanol–water partition coefficient (Wildman–Crippen LogP) is 3.25. The molecule has 5 rings (SSSR count). The number of hydrogen-bond donors (Lipinski definition) is 1. The van der Waals surface area contributed by atoms with Crippen LogP contribution < -0.4 is 20.0 Å². The summed E-state index contributed by atoms with van der Waals surface area (Å²) in [6.45, 7) is 5.03. The first-order chi connectivity index (χ1) is 17.2. The topological polar surface area (TPSA) is 90.4 Å². The summed E-state index contributed by atoms with van der Waals surface area (Å²) < 4.78 is 14.6. The van der Waals surface area contributed by atoms with Crippen LogP contribution in [-0.2, 0) is 11.3 Å². The van der Waals surface area contributed by atoms with Gasteiger partial charge in [0.1, 0.15) is 23.9 Å². The Bertz CT molecular complexity index is 1170. The van der Waals surface area contributed by atoms with E-state index in [-0.39, 0.29) is 18.3 Å². The Hall–Kier alpha value is -3.82. The molecular formula is C25H29FN8O. The molecule has 0 aliphatic carbocycles. The number of carbonyl (C=O) groups is 1. The summed E-state index contributed by atoms with van der Waals surface area (Å²) in [4.78, 5) is 37.3. The highest BCUT2D eigenvalue weighted by atomic mass is 19.1. The quantitative estimate of drug-likeness (QED) is 0.556. The molecule has 4 heterocycles. The van der Waals surface area contributed by atoms with Crippen molar-refractivity contribution in [3.63, 3.8) is 0 Å². The van der Waals surface area contributed by atoms with Crippen molar-refractivity contribution >= 4 is 29.2 Å². The molecule has 1 saturated heterocycles. The van der Waals surface area contributed by atoms with Crippen LogP contribution in [0.5, 0.6) is 0 Å². The fraction of sp³-hybridized carbons (Fsp3) is 0.400. The zero-order chi connectivity index (χ0) is 24.2. The van der Waals surface area contributed by atoms with E-state index in [4.69, 9.17) is 0 Å². The van der Waals surface area contributed by atoms with Crippen LogP contribution >= 0.6 is 0 Å². The van der Waals surface area contributed by atoms with Crippen molar-refractivity contribution < 1.29 is 9.18 Å². The Kier molecular flexibility index (Phi) is 6.69. The third kappa shape index (κ3) is 4.73. The SMILES string of the molecule is CCCC[C@@H]1Nc2ncnc(N3CCN(c4ncccn4)CC3)c2N(Cc2ccccc2F)C1=O. The van der Waals surface area contributed by atoms with Crippen LogP contribution in [0.15, 0.2) is 49.1 Å². The van der Waals surface area contributed by atoms with Crippen LogP contribution in [0, 0.1) is 5.82 Å². The summed E-state index contributed by atoms with van der Waals surface area (Å²) in [6.07, 6.45) is 7.59. The molecule has 0 radical (unpaired) electrons. The smallest absolute Gasteiger partial charge is 0.250 e. The van der Waals surface area contributed by atoms with Gasteiger partial charge in [-0.25, -0.2) is 24.3 Å². The fourth-order valence-electron chi connectivity index (χ4n) is 4.61. The zero-order valence-electron chi connectivity index (χ0n) is 19.8. The molecule has 2 aromatic heterocycles. The molecule has 0 spiro atoms. The highest BCUT2D eigenvalue weighted by Gasteiger charge is 2.37. The maximum absolute atomic E-state index is 14.6. The van der Waals surface area contributed by atoms with E-state index in [2.05, 4.69) is 42.0 Å². The zero-order valence-corrected chi connectivity index (χ0v) is 19.8. The summed E-state index contributed by atoms with van der Waals surface area (Å²) in [7, 11) is 0. The Morgan fingerprint density at radius 3 is 2.49 bits per heavy atom. The summed E-state index contributed by atoms with van der Waals surface area (Å²) in [5.74, 6) is 1.58. The number of amides is 1. The van der Waals surface area contributed by atoms with E-state index in [1.807, 2.05) is 0 Å². The lowest BCUT2D eigenvalue weighted by molar-refractivity contribution is -0.119. The number of piperazine rings is 1. The largest absolute Gasteiger partial charge is 0.356 e. The summed E-state index contributed by atoms with van der Waals surface area (Å²) in [5, 5.41) is 3.33. The number of aromatic nitrogens is 4. The molecule has 0 saturated carbocycles. The maximum Gasteiger partial charge on any atom is 0.250 e. The summed E-state index contributed by atoms with van der Waals surface area (Å²) >= 11 is 0. The summed E-state index contributed by atoms with van der Waals surface area (Å²) in [5.41, 5.74) is 1.07. The van der Waals surface area contributed by atoms with E-state index in [1.165, 1.54) is 12.4 Å². The number of unbranched alkanes of at least 4 members (excludes halogenated alkanes) is 1. The fourth-order valence-corrected chi connectivity index (χ4v) is 4.61. The van der Waals surface area contributed by atoms with Crippen molar-refractivity contribution in [2.24, 2.45) is 0 Å². The molecule has 35 heavy (non-hydrogen) atoms. The van der Waals surface area contributed by atoms with Crippen LogP contribution in [0.4, 0.5) is 27.7 Å². The van der Waals surface area contributed by atoms with Crippen molar-refractivity contribution in [1.29, 1.82) is 0 Å². The van der Waals surface area contributed by atoms with Crippen LogP contribution in [0.3, 0.4) is 0 Å². The Morgan fingerprint density at radius 1 is 1.00 bits per heavy atom. The molecule has 2 aliphatic rings. The van der Waals surface area contributed by atoms with E-state index in [0.29, 0.717) is 48.3 Å². The molecule has 1 atom stereocenters. The van der Waals surface area contributed by atoms with Gasteiger partial charge in [-0.05, 0) is 18.6 Å². The highest BCUT2D eigenvalue weighted by Crippen LogP contribution is 2.39. The number of rotatable bonds is 7. The second kappa shape index (κ2) is 10.2. The number of anilines is 4. The van der Waals surface area contributed by atoms with Gasteiger partial charge in [0.15, 0.2) is 11.6 Å². The standard InChI is InChI=1S/C25H29FN8O/c1-2-3-9-20-24(35)34(16-18-7-4-5-8-19(18)26)21-22(31-20)29-17-30-23(21)32-12-14-33(15-13-32)25-27-10-6-11-28-25/h4-8,10-11,17,20H,2-3,9,12-16H2,1H3,(H,29,30,31)/t20-/m0/s1. The molecule has 1 fully saturated rings. The first-order valence-corrected chi connectivity index (χ1v) is 12.1. The molecule has 0 unspecified atom stereocenters. The summed E-state index contributed by atoms with van der Waals surface area (Å²) in [6, 6.07) is 7.98. The number of benzene rings is 1. The van der Waals surface area contributed by atoms with Gasteiger partial charge in [-0.1, -0.05) is 38.0 Å². The monoisotopic (exact) mass is 476 g/mol. The van der Waals surface area contributed by atoms with Crippen LogP contribution in [-0.4, -0.2) is 58.1 Å². The van der Waals surface area contributed by atoms with Gasteiger partial charge < -0.3 is 15.1 Å². The average molecular weight is 477 g/mol. The lowest BCUT2D eigenvalue weighted by Crippen LogP contribution is -2.50. The predicted molar refractivity (Wildman–Crippen MR) is 133 cm³/mol. The Balaban J connectivity index is 1.45. The van der Waals surface area contributed by atoms with Gasteiger partial charge in [-0.2, -0.15) is 0 Å². The van der Waals surface area contributed by atoms with Crippen molar-refractivity contribution in [2.75, 3.05) is 46.2 Å². The highest BCUT2D eigenvalue weighted by molar-refractivity contribution is 6.06. The minimum absolute atomic E-state index is 0.0819. The van der Waals surface area contributed by atoms with E-state index in [1.54, 1.807) is 41.6 Å². The normalized spacial score (nSPS) is 17.8. The van der Waals surface area contributed by atoms with Gasteiger partial charge >= 0.3 is 0 Å². The number of halogens is 1. The molecule has 9 nitrogen and oxygen atoms in total. The third-order valence-electron chi connectivity index (χ3n) is 6.49. The van der Waals surface area contributed by atoms with E-state index in [9.17, 15) is 9.18 Å². The van der Waals surface area contributed by atoms with Crippen molar-refractivity contribution in [2.45, 2.75) is 38.8 Å². The molecule has 3 aromatic rings. The minimum Gasteiger partial charge on any atom is -0.356 e. The second-order valence-corrected chi connectivity index (χ2v) is 8.77. The first-order valence-electron chi connectivity index (χ1n) is 12.1. The molecule has 182 valence electrons. The van der Waals surface area contributed by atoms with Gasteiger partial charge in [-0.3, -0.25) is 9.69 Å². The van der Waals surface area contributed by atoms with E-state index < -0.39 is 6.04 Å². The van der Waals surface area contributed by atoms with Crippen LogP contribution in [0.2, 0.25) is 0 Å². The third-order valence-corrected chi connectivity index (χ3v) is 6.49. The van der Waals surface area contributed by atoms with Crippen molar-refractivity contribution in [3.8, 4) is 0 Å². The lowest BCUT2D eigenvalue weighted by Gasteiger charge is -2.40. The van der Waals surface area contributed by atoms with E-state index in [0.717, 1.165) is 25.9 Å². The molecule has 1 amide bonds. The van der Waals surface area contributed by atoms with E-state index >= 15 is 0 Å². The van der Waals surface area contributed by atoms with Crippen molar-refractivity contribution in [1.82, 2.24) is 19.9 Å². The molecule has 2 aliphatic heterocycles. The van der Waals surface area contributed by atoms with Crippen LogP contribution in [0.25, 0.3) is 0 Å².